The van der Waals surface area contributed by atoms with Gasteiger partial charge in [0.25, 0.3) is 5.91 Å². The molecule has 174 valence electrons. The lowest BCUT2D eigenvalue weighted by Gasteiger charge is -2.35. The number of piperidine rings is 1. The number of hydrogen-bond acceptors (Lipinski definition) is 3. The summed E-state index contributed by atoms with van der Waals surface area (Å²) in [6, 6.07) is 17.8. The summed E-state index contributed by atoms with van der Waals surface area (Å²) < 4.78 is 5.52. The molecule has 2 N–H and O–H groups in total. The van der Waals surface area contributed by atoms with Crippen molar-refractivity contribution in [3.05, 3.63) is 71.9 Å². The Bertz CT molecular complexity index is 1090. The van der Waals surface area contributed by atoms with Crippen LogP contribution in [0, 0.1) is 5.92 Å². The van der Waals surface area contributed by atoms with Crippen LogP contribution in [0.1, 0.15) is 62.0 Å². The lowest BCUT2D eigenvalue weighted by Crippen LogP contribution is -2.42. The van der Waals surface area contributed by atoms with Gasteiger partial charge in [-0.05, 0) is 63.6 Å². The van der Waals surface area contributed by atoms with Crippen LogP contribution in [0.2, 0.25) is 0 Å². The van der Waals surface area contributed by atoms with Crippen LogP contribution >= 0.6 is 0 Å². The van der Waals surface area contributed by atoms with Crippen LogP contribution < -0.4 is 5.32 Å². The van der Waals surface area contributed by atoms with Gasteiger partial charge in [-0.3, -0.25) is 4.79 Å². The molecule has 1 aliphatic rings. The van der Waals surface area contributed by atoms with Crippen molar-refractivity contribution < 1.29 is 14.3 Å². The minimum absolute atomic E-state index is 0.0805. The second kappa shape index (κ2) is 9.69. The zero-order chi connectivity index (χ0) is 23.4. The van der Waals surface area contributed by atoms with Gasteiger partial charge >= 0.3 is 6.09 Å². The van der Waals surface area contributed by atoms with Gasteiger partial charge in [-0.2, -0.15) is 0 Å². The number of H-pyrrole nitrogens is 1. The zero-order valence-corrected chi connectivity index (χ0v) is 19.6. The fraction of sp³-hybridized carbons (Fsp3) is 0.407. The molecule has 2 aromatic carbocycles. The van der Waals surface area contributed by atoms with Crippen molar-refractivity contribution in [2.45, 2.75) is 51.7 Å². The summed E-state index contributed by atoms with van der Waals surface area (Å²) in [5.41, 5.74) is 2.11. The minimum Gasteiger partial charge on any atom is -0.444 e. The van der Waals surface area contributed by atoms with Gasteiger partial charge in [-0.1, -0.05) is 42.5 Å². The number of nitrogens with zero attached hydrogens (tertiary/aromatic N) is 1. The topological polar surface area (TPSA) is 74.4 Å². The normalized spacial score (nSPS) is 15.9. The third-order valence-corrected chi connectivity index (χ3v) is 6.17. The van der Waals surface area contributed by atoms with Gasteiger partial charge in [0, 0.05) is 24.7 Å². The van der Waals surface area contributed by atoms with E-state index in [9.17, 15) is 9.59 Å². The second-order valence-electron chi connectivity index (χ2n) is 9.83. The van der Waals surface area contributed by atoms with Gasteiger partial charge in [-0.15, -0.1) is 0 Å². The maximum atomic E-state index is 13.3. The largest absolute Gasteiger partial charge is 0.444 e. The standard InChI is InChI=1S/C27H33N3O3/c1-27(2,3)33-26(32)30-16-13-19(14-17-30)18-23(20-8-5-4-6-9-20)29-25(31)22-11-7-10-21-12-15-28-24(21)22/h4-12,15,19,23,28H,13-14,16-18H2,1-3H3,(H,29,31). The van der Waals surface area contributed by atoms with Crippen LogP contribution in [0.3, 0.4) is 0 Å². The fourth-order valence-corrected chi connectivity index (χ4v) is 4.48. The molecule has 1 atom stereocenters. The van der Waals surface area contributed by atoms with Gasteiger partial charge in [0.1, 0.15) is 5.60 Å². The minimum atomic E-state index is -0.487. The Morgan fingerprint density at radius 2 is 1.79 bits per heavy atom. The third-order valence-electron chi connectivity index (χ3n) is 6.17. The van der Waals surface area contributed by atoms with E-state index in [-0.39, 0.29) is 18.0 Å². The molecule has 3 aromatic rings. The maximum absolute atomic E-state index is 13.3. The number of rotatable bonds is 5. The molecular formula is C27H33N3O3. The molecule has 0 saturated carbocycles. The van der Waals surface area contributed by atoms with E-state index in [0.717, 1.165) is 35.7 Å². The molecule has 4 rings (SSSR count). The fourth-order valence-electron chi connectivity index (χ4n) is 4.48. The smallest absolute Gasteiger partial charge is 0.410 e. The highest BCUT2D eigenvalue weighted by atomic mass is 16.6. The summed E-state index contributed by atoms with van der Waals surface area (Å²) in [5, 5.41) is 4.30. The molecule has 1 fully saturated rings. The summed E-state index contributed by atoms with van der Waals surface area (Å²) in [7, 11) is 0. The maximum Gasteiger partial charge on any atom is 0.410 e. The number of amides is 2. The molecule has 0 aliphatic carbocycles. The van der Waals surface area contributed by atoms with Gasteiger partial charge < -0.3 is 19.9 Å². The lowest BCUT2D eigenvalue weighted by molar-refractivity contribution is 0.0178. The number of fused-ring (bicyclic) bond motifs is 1. The highest BCUT2D eigenvalue weighted by Crippen LogP contribution is 2.30. The summed E-state index contributed by atoms with van der Waals surface area (Å²) in [4.78, 5) is 30.6. The van der Waals surface area contributed by atoms with Crippen molar-refractivity contribution in [2.24, 2.45) is 5.92 Å². The zero-order valence-electron chi connectivity index (χ0n) is 19.6. The van der Waals surface area contributed by atoms with Crippen molar-refractivity contribution >= 4 is 22.9 Å². The summed E-state index contributed by atoms with van der Waals surface area (Å²) >= 11 is 0. The van der Waals surface area contributed by atoms with E-state index in [1.807, 2.05) is 69.4 Å². The number of carbonyl (C=O) groups is 2. The SMILES string of the molecule is CC(C)(C)OC(=O)N1CCC(CC(NC(=O)c2cccc3cc[nH]c23)c2ccccc2)CC1. The number of benzene rings is 2. The van der Waals surface area contributed by atoms with Gasteiger partial charge in [0.2, 0.25) is 0 Å². The molecule has 33 heavy (non-hydrogen) atoms. The van der Waals surface area contributed by atoms with Crippen molar-refractivity contribution in [1.82, 2.24) is 15.2 Å². The van der Waals surface area contributed by atoms with Gasteiger partial charge in [0.05, 0.1) is 17.1 Å². The Balaban J connectivity index is 1.44. The molecule has 1 saturated heterocycles. The molecule has 6 heteroatoms. The molecule has 0 spiro atoms. The number of ether oxygens (including phenoxy) is 1. The first-order valence-electron chi connectivity index (χ1n) is 11.7. The van der Waals surface area contributed by atoms with E-state index in [1.54, 1.807) is 4.90 Å². The van der Waals surface area contributed by atoms with E-state index in [1.165, 1.54) is 0 Å². The van der Waals surface area contributed by atoms with E-state index >= 15 is 0 Å². The number of para-hydroxylation sites is 1. The lowest BCUT2D eigenvalue weighted by atomic mass is 9.87. The summed E-state index contributed by atoms with van der Waals surface area (Å²) in [6.07, 6.45) is 4.23. The van der Waals surface area contributed by atoms with Gasteiger partial charge in [-0.25, -0.2) is 4.79 Å². The Labute approximate surface area is 195 Å². The monoisotopic (exact) mass is 447 g/mol. The highest BCUT2D eigenvalue weighted by Gasteiger charge is 2.29. The van der Waals surface area contributed by atoms with Crippen LogP contribution in [-0.2, 0) is 4.74 Å². The Morgan fingerprint density at radius 3 is 2.48 bits per heavy atom. The van der Waals surface area contributed by atoms with Crippen LogP contribution in [-0.4, -0.2) is 40.6 Å². The van der Waals surface area contributed by atoms with Crippen LogP contribution in [0.4, 0.5) is 4.79 Å². The number of carbonyl (C=O) groups excluding carboxylic acids is 2. The molecular weight excluding hydrogens is 414 g/mol. The van der Waals surface area contributed by atoms with E-state index in [4.69, 9.17) is 4.74 Å². The molecule has 1 unspecified atom stereocenters. The summed E-state index contributed by atoms with van der Waals surface area (Å²) in [5.74, 6) is 0.332. The van der Waals surface area contributed by atoms with Crippen LogP contribution in [0.25, 0.3) is 10.9 Å². The molecule has 1 aliphatic heterocycles. The molecule has 2 amide bonds. The highest BCUT2D eigenvalue weighted by molar-refractivity contribution is 6.05. The van der Waals surface area contributed by atoms with E-state index in [0.29, 0.717) is 24.6 Å². The number of aromatic amines is 1. The van der Waals surface area contributed by atoms with Crippen molar-refractivity contribution in [3.63, 3.8) is 0 Å². The van der Waals surface area contributed by atoms with Crippen molar-refractivity contribution in [3.8, 4) is 0 Å². The van der Waals surface area contributed by atoms with Crippen molar-refractivity contribution in [1.29, 1.82) is 0 Å². The predicted octanol–water partition coefficient (Wildman–Crippen LogP) is 5.68. The number of aromatic nitrogens is 1. The predicted molar refractivity (Wildman–Crippen MR) is 130 cm³/mol. The molecule has 0 radical (unpaired) electrons. The van der Waals surface area contributed by atoms with Crippen LogP contribution in [0.15, 0.2) is 60.8 Å². The molecule has 1 aromatic heterocycles. The average molecular weight is 448 g/mol. The quantitative estimate of drug-likeness (QED) is 0.529. The first-order valence-corrected chi connectivity index (χ1v) is 11.7. The van der Waals surface area contributed by atoms with E-state index < -0.39 is 5.60 Å². The Morgan fingerprint density at radius 1 is 1.06 bits per heavy atom. The number of nitrogens with one attached hydrogen (secondary N) is 2. The first-order chi connectivity index (χ1) is 15.8. The Hall–Kier alpha value is -3.28. The number of hydrogen-bond donors (Lipinski definition) is 2. The third kappa shape index (κ3) is 5.75. The van der Waals surface area contributed by atoms with E-state index in [2.05, 4.69) is 22.4 Å². The second-order valence-corrected chi connectivity index (χ2v) is 9.83. The number of likely N-dealkylation sites (tertiary alicyclic amines) is 1. The van der Waals surface area contributed by atoms with Crippen LogP contribution in [0.5, 0.6) is 0 Å². The molecule has 2 heterocycles. The van der Waals surface area contributed by atoms with Crippen molar-refractivity contribution in [2.75, 3.05) is 13.1 Å². The molecule has 0 bridgehead atoms. The van der Waals surface area contributed by atoms with Gasteiger partial charge in [0.15, 0.2) is 0 Å². The summed E-state index contributed by atoms with van der Waals surface area (Å²) in [6.45, 7) is 7.02. The first kappa shape index (κ1) is 22.9. The molecule has 6 nitrogen and oxygen atoms in total. The Kier molecular flexibility index (Phi) is 6.72. The average Bonchev–Trinajstić information content (AvgIpc) is 3.27.